The summed E-state index contributed by atoms with van der Waals surface area (Å²) in [4.78, 5) is 36.9. The van der Waals surface area contributed by atoms with Crippen LogP contribution in [0.2, 0.25) is 0 Å². The Bertz CT molecular complexity index is 1200. The minimum Gasteiger partial charge on any atom is -0.289 e. The van der Waals surface area contributed by atoms with E-state index in [-0.39, 0.29) is 17.6 Å². The Morgan fingerprint density at radius 3 is 1.77 bits per heavy atom. The normalized spacial score (nSPS) is 13.2. The molecule has 0 bridgehead atoms. The van der Waals surface area contributed by atoms with E-state index in [1.54, 1.807) is 6.08 Å². The molecule has 0 unspecified atom stereocenters. The molecule has 1 heterocycles. The summed E-state index contributed by atoms with van der Waals surface area (Å²) in [6, 6.07) is 25.4. The van der Waals surface area contributed by atoms with Crippen LogP contribution in [0.5, 0.6) is 0 Å². The van der Waals surface area contributed by atoms with Gasteiger partial charge in [-0.25, -0.2) is 4.90 Å². The Morgan fingerprint density at radius 2 is 1.20 bits per heavy atom. The molecule has 0 N–H and O–H groups in total. The average Bonchev–Trinajstić information content (AvgIpc) is 3.24. The number of nitrogens with zero attached hydrogens (tertiary/aromatic N) is 1. The lowest BCUT2D eigenvalue weighted by atomic mass is 10.0. The number of rotatable bonds is 11. The highest BCUT2D eigenvalue weighted by atomic mass is 16.2. The fourth-order valence-corrected chi connectivity index (χ4v) is 4.14. The van der Waals surface area contributed by atoms with Crippen molar-refractivity contribution in [3.05, 3.63) is 119 Å². The van der Waals surface area contributed by atoms with E-state index in [4.69, 9.17) is 0 Å². The smallest absolute Gasteiger partial charge is 0.258 e. The van der Waals surface area contributed by atoms with Gasteiger partial charge in [-0.1, -0.05) is 85.6 Å². The van der Waals surface area contributed by atoms with Crippen molar-refractivity contribution in [2.45, 2.75) is 38.5 Å². The molecular weight excluding hydrogens is 434 g/mol. The van der Waals surface area contributed by atoms with Crippen molar-refractivity contribution >= 4 is 29.4 Å². The van der Waals surface area contributed by atoms with Gasteiger partial charge in [-0.15, -0.1) is 0 Å². The molecule has 4 nitrogen and oxygen atoms in total. The van der Waals surface area contributed by atoms with Crippen LogP contribution in [0, 0.1) is 0 Å². The number of carbonyl (C=O) groups excluding carboxylic acids is 3. The van der Waals surface area contributed by atoms with Crippen LogP contribution in [0.3, 0.4) is 0 Å². The van der Waals surface area contributed by atoms with Crippen molar-refractivity contribution in [1.82, 2.24) is 0 Å². The van der Waals surface area contributed by atoms with E-state index in [0.717, 1.165) is 37.7 Å². The molecule has 0 aromatic heterocycles. The Balaban J connectivity index is 1.13. The van der Waals surface area contributed by atoms with E-state index in [2.05, 4.69) is 24.3 Å². The van der Waals surface area contributed by atoms with Gasteiger partial charge in [0.2, 0.25) is 0 Å². The molecule has 0 spiro atoms. The monoisotopic (exact) mass is 463 g/mol. The first kappa shape index (κ1) is 24.1. The second-order valence-electron chi connectivity index (χ2n) is 8.73. The van der Waals surface area contributed by atoms with Gasteiger partial charge < -0.3 is 0 Å². The first-order valence-electron chi connectivity index (χ1n) is 12.1. The minimum atomic E-state index is -0.285. The summed E-state index contributed by atoms with van der Waals surface area (Å²) in [6.07, 6.45) is 12.7. The molecule has 0 aliphatic carbocycles. The zero-order valence-corrected chi connectivity index (χ0v) is 19.7. The van der Waals surface area contributed by atoms with Crippen molar-refractivity contribution < 1.29 is 14.4 Å². The number of hydrogen-bond donors (Lipinski definition) is 0. The van der Waals surface area contributed by atoms with Gasteiger partial charge in [-0.05, 0) is 60.6 Å². The molecule has 1 aliphatic heterocycles. The standard InChI is InChI=1S/C31H29NO3/c33-29(27-10-6-3-7-11-27)21-18-26-14-12-24(13-15-26)8-4-1-2-5-9-25-16-19-28(20-17-25)32-30(34)22-23-31(32)35/h3,6-7,10-23H,1-2,4-5,8-9H2. The largest absolute Gasteiger partial charge is 0.289 e. The number of imide groups is 1. The maximum atomic E-state index is 12.2. The summed E-state index contributed by atoms with van der Waals surface area (Å²) in [5.41, 5.74) is 4.88. The molecule has 0 fully saturated rings. The third kappa shape index (κ3) is 6.73. The Labute approximate surface area is 206 Å². The summed E-state index contributed by atoms with van der Waals surface area (Å²) in [7, 11) is 0. The number of amides is 2. The molecule has 3 aromatic carbocycles. The summed E-state index contributed by atoms with van der Waals surface area (Å²) in [5.74, 6) is -0.557. The summed E-state index contributed by atoms with van der Waals surface area (Å²) in [6.45, 7) is 0. The van der Waals surface area contributed by atoms with Crippen LogP contribution in [0.4, 0.5) is 5.69 Å². The van der Waals surface area contributed by atoms with Crippen molar-refractivity contribution in [1.29, 1.82) is 0 Å². The first-order valence-corrected chi connectivity index (χ1v) is 12.1. The molecule has 1 aliphatic rings. The molecule has 176 valence electrons. The second kappa shape index (κ2) is 11.9. The third-order valence-corrected chi connectivity index (χ3v) is 6.15. The van der Waals surface area contributed by atoms with Gasteiger partial charge in [-0.2, -0.15) is 0 Å². The van der Waals surface area contributed by atoms with Gasteiger partial charge in [0, 0.05) is 17.7 Å². The topological polar surface area (TPSA) is 54.5 Å². The average molecular weight is 464 g/mol. The predicted molar refractivity (Wildman–Crippen MR) is 140 cm³/mol. The molecule has 0 saturated carbocycles. The molecule has 35 heavy (non-hydrogen) atoms. The Hall–Kier alpha value is -4.05. The quantitative estimate of drug-likeness (QED) is 0.144. The van der Waals surface area contributed by atoms with Crippen LogP contribution < -0.4 is 4.90 Å². The minimum absolute atomic E-state index is 0.0136. The fraction of sp³-hybridized carbons (Fsp3) is 0.194. The number of hydrogen-bond acceptors (Lipinski definition) is 3. The lowest BCUT2D eigenvalue weighted by Crippen LogP contribution is -2.29. The lowest BCUT2D eigenvalue weighted by molar-refractivity contribution is -0.119. The van der Waals surface area contributed by atoms with Crippen LogP contribution in [-0.2, 0) is 22.4 Å². The van der Waals surface area contributed by atoms with E-state index >= 15 is 0 Å². The molecule has 0 saturated heterocycles. The Morgan fingerprint density at radius 1 is 0.657 bits per heavy atom. The molecule has 3 aromatic rings. The van der Waals surface area contributed by atoms with E-state index in [1.807, 2.05) is 60.7 Å². The predicted octanol–water partition coefficient (Wildman–Crippen LogP) is 6.36. The van der Waals surface area contributed by atoms with Crippen LogP contribution >= 0.6 is 0 Å². The molecular formula is C31H29NO3. The highest BCUT2D eigenvalue weighted by Crippen LogP contribution is 2.20. The van der Waals surface area contributed by atoms with E-state index in [9.17, 15) is 14.4 Å². The maximum Gasteiger partial charge on any atom is 0.258 e. The number of unbranched alkanes of at least 4 members (excludes halogenated alkanes) is 3. The van der Waals surface area contributed by atoms with Crippen molar-refractivity contribution in [3.8, 4) is 0 Å². The molecule has 4 heteroatoms. The van der Waals surface area contributed by atoms with Gasteiger partial charge in [0.1, 0.15) is 0 Å². The molecule has 0 radical (unpaired) electrons. The number of aryl methyl sites for hydroxylation is 2. The van der Waals surface area contributed by atoms with Gasteiger partial charge in [-0.3, -0.25) is 14.4 Å². The van der Waals surface area contributed by atoms with Gasteiger partial charge in [0.25, 0.3) is 11.8 Å². The van der Waals surface area contributed by atoms with Crippen molar-refractivity contribution in [3.63, 3.8) is 0 Å². The zero-order chi connectivity index (χ0) is 24.5. The maximum absolute atomic E-state index is 12.2. The first-order chi connectivity index (χ1) is 17.1. The SMILES string of the molecule is O=C(C=Cc1ccc(CCCCCCc2ccc(N3C(=O)C=CC3=O)cc2)cc1)c1ccccc1. The summed E-state index contributed by atoms with van der Waals surface area (Å²) < 4.78 is 0. The molecule has 0 atom stereocenters. The number of ketones is 1. The van der Waals surface area contributed by atoms with Crippen molar-refractivity contribution in [2.24, 2.45) is 0 Å². The van der Waals surface area contributed by atoms with Crippen LogP contribution in [0.15, 0.2) is 97.1 Å². The molecule has 4 rings (SSSR count). The third-order valence-electron chi connectivity index (χ3n) is 6.15. The van der Waals surface area contributed by atoms with E-state index in [0.29, 0.717) is 11.3 Å². The highest BCUT2D eigenvalue weighted by molar-refractivity contribution is 6.28. The van der Waals surface area contributed by atoms with Gasteiger partial charge in [0.15, 0.2) is 5.78 Å². The van der Waals surface area contributed by atoms with Crippen LogP contribution in [-0.4, -0.2) is 17.6 Å². The highest BCUT2D eigenvalue weighted by Gasteiger charge is 2.24. The summed E-state index contributed by atoms with van der Waals surface area (Å²) >= 11 is 0. The van der Waals surface area contributed by atoms with Crippen LogP contribution in [0.25, 0.3) is 6.08 Å². The second-order valence-corrected chi connectivity index (χ2v) is 8.73. The lowest BCUT2D eigenvalue weighted by Gasteiger charge is -2.14. The fourth-order valence-electron chi connectivity index (χ4n) is 4.14. The Kier molecular flexibility index (Phi) is 8.18. The van der Waals surface area contributed by atoms with E-state index in [1.165, 1.54) is 34.6 Å². The number of benzene rings is 3. The molecule has 2 amide bonds. The van der Waals surface area contributed by atoms with Gasteiger partial charge >= 0.3 is 0 Å². The number of anilines is 1. The number of allylic oxidation sites excluding steroid dienone is 1. The van der Waals surface area contributed by atoms with Crippen molar-refractivity contribution in [2.75, 3.05) is 4.90 Å². The summed E-state index contributed by atoms with van der Waals surface area (Å²) in [5, 5.41) is 0. The van der Waals surface area contributed by atoms with E-state index < -0.39 is 0 Å². The van der Waals surface area contributed by atoms with Gasteiger partial charge in [0.05, 0.1) is 5.69 Å². The van der Waals surface area contributed by atoms with Crippen LogP contribution in [0.1, 0.15) is 52.7 Å². The zero-order valence-electron chi connectivity index (χ0n) is 19.7. The number of carbonyl (C=O) groups is 3.